The molecular weight excluding hydrogens is 476 g/mol. The second-order valence-electron chi connectivity index (χ2n) is 8.59. The van der Waals surface area contributed by atoms with E-state index in [1.807, 2.05) is 24.9 Å². The van der Waals surface area contributed by atoms with Crippen LogP contribution in [0.5, 0.6) is 0 Å². The molecule has 12 nitrogen and oxygen atoms in total. The zero-order valence-corrected chi connectivity index (χ0v) is 20.2. The van der Waals surface area contributed by atoms with Crippen LogP contribution in [0.1, 0.15) is 18.2 Å². The van der Waals surface area contributed by atoms with Gasteiger partial charge in [-0.2, -0.15) is 0 Å². The lowest BCUT2D eigenvalue weighted by Crippen LogP contribution is -2.39. The van der Waals surface area contributed by atoms with Gasteiger partial charge in [-0.3, -0.25) is 4.57 Å². The van der Waals surface area contributed by atoms with Gasteiger partial charge < -0.3 is 36.2 Å². The number of halogens is 1. The van der Waals surface area contributed by atoms with E-state index < -0.39 is 24.5 Å². The van der Waals surface area contributed by atoms with Crippen molar-refractivity contribution >= 4 is 40.3 Å². The Balaban J connectivity index is 1.23. The average molecular weight is 505 g/mol. The maximum atomic E-state index is 12.1. The van der Waals surface area contributed by atoms with Crippen LogP contribution < -0.4 is 16.4 Å². The molecule has 4 rings (SSSR count). The van der Waals surface area contributed by atoms with Gasteiger partial charge in [0.2, 0.25) is 0 Å². The third-order valence-electron chi connectivity index (χ3n) is 5.92. The van der Waals surface area contributed by atoms with E-state index in [0.29, 0.717) is 47.9 Å². The minimum absolute atomic E-state index is 0.225. The monoisotopic (exact) mass is 504 g/mol. The van der Waals surface area contributed by atoms with E-state index in [0.717, 1.165) is 5.56 Å². The first kappa shape index (κ1) is 25.1. The van der Waals surface area contributed by atoms with Crippen molar-refractivity contribution in [2.75, 3.05) is 37.7 Å². The van der Waals surface area contributed by atoms with E-state index in [-0.39, 0.29) is 11.8 Å². The standard InChI is InChI=1S/C22H29ClN8O4/c1-12-4-5-13(8-14(12)23)29-22(34)25-6-3-7-30(2)9-15-17(32)18(33)21(35-15)31-11-28-16-19(24)26-10-27-20(16)31/h4-5,8,10-11,15,17-18,21,32-33H,3,6-7,9H2,1-2H3,(H2,24,26,27)(H2,25,29,34)/t15-,17+,18-,21-/m1/s1. The fourth-order valence-corrected chi connectivity index (χ4v) is 4.14. The number of nitrogens with one attached hydrogen (secondary N) is 2. The largest absolute Gasteiger partial charge is 0.387 e. The van der Waals surface area contributed by atoms with Crippen LogP contribution in [0.25, 0.3) is 11.2 Å². The first-order valence-corrected chi connectivity index (χ1v) is 11.6. The summed E-state index contributed by atoms with van der Waals surface area (Å²) in [5.41, 5.74) is 8.21. The number of aromatic nitrogens is 4. The second kappa shape index (κ2) is 10.7. The molecule has 2 amide bonds. The summed E-state index contributed by atoms with van der Waals surface area (Å²) in [6, 6.07) is 5.02. The molecule has 0 radical (unpaired) electrons. The second-order valence-corrected chi connectivity index (χ2v) is 9.00. The number of carbonyl (C=O) groups is 1. The van der Waals surface area contributed by atoms with Gasteiger partial charge in [-0.15, -0.1) is 0 Å². The lowest BCUT2D eigenvalue weighted by Gasteiger charge is -2.22. The molecule has 188 valence electrons. The van der Waals surface area contributed by atoms with Gasteiger partial charge in [0.15, 0.2) is 17.7 Å². The number of nitrogen functional groups attached to an aromatic ring is 1. The van der Waals surface area contributed by atoms with Crippen LogP contribution >= 0.6 is 11.6 Å². The average Bonchev–Trinajstić information content (AvgIpc) is 3.37. The van der Waals surface area contributed by atoms with Crippen LogP contribution in [0.15, 0.2) is 30.9 Å². The number of nitrogens with two attached hydrogens (primary N) is 1. The topological polar surface area (TPSA) is 164 Å². The van der Waals surface area contributed by atoms with Crippen molar-refractivity contribution < 1.29 is 19.7 Å². The van der Waals surface area contributed by atoms with Gasteiger partial charge in [-0.05, 0) is 44.6 Å². The number of aliphatic hydroxyl groups is 2. The third-order valence-corrected chi connectivity index (χ3v) is 6.33. The van der Waals surface area contributed by atoms with Gasteiger partial charge in [0.05, 0.1) is 6.33 Å². The fourth-order valence-electron chi connectivity index (χ4n) is 3.96. The third kappa shape index (κ3) is 5.63. The number of nitrogens with zero attached hydrogens (tertiary/aromatic N) is 5. The molecule has 1 saturated heterocycles. The molecule has 3 aromatic rings. The zero-order chi connectivity index (χ0) is 25.1. The van der Waals surface area contributed by atoms with Crippen molar-refractivity contribution in [2.24, 2.45) is 0 Å². The van der Waals surface area contributed by atoms with E-state index >= 15 is 0 Å². The molecule has 0 bridgehead atoms. The highest BCUT2D eigenvalue weighted by molar-refractivity contribution is 6.31. The molecule has 1 fully saturated rings. The number of aliphatic hydroxyl groups excluding tert-OH is 2. The normalized spacial score (nSPS) is 22.1. The van der Waals surface area contributed by atoms with Crippen molar-refractivity contribution in [3.63, 3.8) is 0 Å². The van der Waals surface area contributed by atoms with Gasteiger partial charge in [0.1, 0.15) is 30.2 Å². The highest BCUT2D eigenvalue weighted by Gasteiger charge is 2.44. The Bertz CT molecular complexity index is 1190. The molecule has 1 aliphatic rings. The number of rotatable bonds is 8. The summed E-state index contributed by atoms with van der Waals surface area (Å²) in [7, 11) is 1.88. The molecule has 3 heterocycles. The van der Waals surface area contributed by atoms with Crippen molar-refractivity contribution in [2.45, 2.75) is 37.9 Å². The Labute approximate surface area is 207 Å². The smallest absolute Gasteiger partial charge is 0.319 e. The number of benzene rings is 1. The molecule has 0 spiro atoms. The Kier molecular flexibility index (Phi) is 7.67. The van der Waals surface area contributed by atoms with Gasteiger partial charge in [-0.25, -0.2) is 19.7 Å². The fraction of sp³-hybridized carbons (Fsp3) is 0.455. The van der Waals surface area contributed by atoms with Crippen LogP contribution in [-0.2, 0) is 4.74 Å². The molecule has 35 heavy (non-hydrogen) atoms. The molecule has 4 atom stereocenters. The summed E-state index contributed by atoms with van der Waals surface area (Å²) >= 11 is 6.08. The van der Waals surface area contributed by atoms with E-state index in [2.05, 4.69) is 25.6 Å². The predicted molar refractivity (Wildman–Crippen MR) is 131 cm³/mol. The van der Waals surface area contributed by atoms with Crippen LogP contribution in [0.4, 0.5) is 16.3 Å². The van der Waals surface area contributed by atoms with Crippen molar-refractivity contribution in [3.05, 3.63) is 41.4 Å². The van der Waals surface area contributed by atoms with E-state index in [9.17, 15) is 15.0 Å². The lowest BCUT2D eigenvalue weighted by atomic mass is 10.1. The summed E-state index contributed by atoms with van der Waals surface area (Å²) in [5.74, 6) is 0.225. The highest BCUT2D eigenvalue weighted by atomic mass is 35.5. The van der Waals surface area contributed by atoms with Crippen LogP contribution in [-0.4, -0.2) is 85.7 Å². The SMILES string of the molecule is Cc1ccc(NC(=O)NCCCN(C)C[C@H]2O[C@@H](n3cnc4c(N)ncnc43)[C@H](O)[C@H]2O)cc1Cl. The van der Waals surface area contributed by atoms with Crippen LogP contribution in [0.3, 0.4) is 0 Å². The van der Waals surface area contributed by atoms with Crippen LogP contribution in [0, 0.1) is 6.92 Å². The quantitative estimate of drug-likeness (QED) is 0.283. The van der Waals surface area contributed by atoms with Gasteiger partial charge in [0.25, 0.3) is 0 Å². The first-order valence-electron chi connectivity index (χ1n) is 11.2. The van der Waals surface area contributed by atoms with Crippen molar-refractivity contribution in [1.29, 1.82) is 0 Å². The minimum Gasteiger partial charge on any atom is -0.387 e. The first-order chi connectivity index (χ1) is 16.7. The number of likely N-dealkylation sites (N-methyl/N-ethyl adjacent to an activating group) is 1. The Hall–Kier alpha value is -3.03. The van der Waals surface area contributed by atoms with Gasteiger partial charge in [-0.1, -0.05) is 17.7 Å². The number of hydrogen-bond acceptors (Lipinski definition) is 9. The predicted octanol–water partition coefficient (Wildman–Crippen LogP) is 1.13. The van der Waals surface area contributed by atoms with E-state index in [4.69, 9.17) is 22.1 Å². The molecular formula is C22H29ClN8O4. The molecule has 13 heteroatoms. The van der Waals surface area contributed by atoms with Crippen molar-refractivity contribution in [3.8, 4) is 0 Å². The number of fused-ring (bicyclic) bond motifs is 1. The van der Waals surface area contributed by atoms with Crippen LogP contribution in [0.2, 0.25) is 5.02 Å². The number of aryl methyl sites for hydroxylation is 1. The maximum absolute atomic E-state index is 12.1. The Morgan fingerprint density at radius 2 is 2.09 bits per heavy atom. The Morgan fingerprint density at radius 3 is 2.86 bits per heavy atom. The maximum Gasteiger partial charge on any atom is 0.319 e. The van der Waals surface area contributed by atoms with E-state index in [1.165, 1.54) is 12.7 Å². The summed E-state index contributed by atoms with van der Waals surface area (Å²) < 4.78 is 7.51. The number of anilines is 2. The summed E-state index contributed by atoms with van der Waals surface area (Å²) in [5, 5.41) is 27.3. The molecule has 1 aliphatic heterocycles. The summed E-state index contributed by atoms with van der Waals surface area (Å²) in [4.78, 5) is 26.3. The molecule has 1 aromatic carbocycles. The molecule has 0 unspecified atom stereocenters. The van der Waals surface area contributed by atoms with Gasteiger partial charge >= 0.3 is 6.03 Å². The number of ether oxygens (including phenoxy) is 1. The minimum atomic E-state index is -1.16. The Morgan fingerprint density at radius 1 is 1.29 bits per heavy atom. The molecule has 6 N–H and O–H groups in total. The molecule has 2 aromatic heterocycles. The molecule has 0 aliphatic carbocycles. The number of hydrogen-bond donors (Lipinski definition) is 5. The number of carbonyl (C=O) groups excluding carboxylic acids is 1. The number of amides is 2. The zero-order valence-electron chi connectivity index (χ0n) is 19.4. The van der Waals surface area contributed by atoms with Gasteiger partial charge in [0, 0.05) is 23.8 Å². The summed E-state index contributed by atoms with van der Waals surface area (Å²) in [6.07, 6.45) is -0.294. The van der Waals surface area contributed by atoms with Crippen molar-refractivity contribution in [1.82, 2.24) is 29.7 Å². The van der Waals surface area contributed by atoms with E-state index in [1.54, 1.807) is 16.7 Å². The molecule has 0 saturated carbocycles. The summed E-state index contributed by atoms with van der Waals surface area (Å²) in [6.45, 7) is 3.37. The lowest BCUT2D eigenvalue weighted by molar-refractivity contribution is -0.0421. The highest BCUT2D eigenvalue weighted by Crippen LogP contribution is 2.32. The number of urea groups is 1. The number of imidazole rings is 1.